The maximum atomic E-state index is 3.29. The molecule has 1 heteroatoms. The summed E-state index contributed by atoms with van der Waals surface area (Å²) in [5, 5.41) is 2.58. The van der Waals surface area contributed by atoms with Crippen LogP contribution in [0.15, 0.2) is 47.4 Å². The minimum Gasteiger partial charge on any atom is -0.0616 e. The zero-order valence-electron chi connectivity index (χ0n) is 7.07. The fourth-order valence-electron chi connectivity index (χ4n) is 1.46. The van der Waals surface area contributed by atoms with Crippen molar-refractivity contribution in [1.82, 2.24) is 0 Å². The Hall–Kier alpha value is -1.08. The van der Waals surface area contributed by atoms with Crippen LogP contribution in [-0.4, -0.2) is 0 Å². The van der Waals surface area contributed by atoms with E-state index in [1.807, 2.05) is 4.99 Å². The van der Waals surface area contributed by atoms with Crippen LogP contribution in [-0.2, 0) is 0 Å². The molecular formula is C12H9Br. The van der Waals surface area contributed by atoms with Crippen LogP contribution in [0.5, 0.6) is 0 Å². The largest absolute Gasteiger partial charge is 0.0616 e. The Bertz CT molecular complexity index is 438. The van der Waals surface area contributed by atoms with Crippen molar-refractivity contribution in [3.8, 4) is 0 Å². The maximum absolute atomic E-state index is 3.29. The normalized spacial score (nSPS) is 11.2. The van der Waals surface area contributed by atoms with Crippen LogP contribution in [0.4, 0.5) is 0 Å². The van der Waals surface area contributed by atoms with Gasteiger partial charge in [-0.25, -0.2) is 0 Å². The molecular weight excluding hydrogens is 224 g/mol. The summed E-state index contributed by atoms with van der Waals surface area (Å²) in [5.74, 6) is 0. The third kappa shape index (κ3) is 1.65. The second-order valence-corrected chi connectivity index (χ2v) is 3.39. The van der Waals surface area contributed by atoms with Gasteiger partial charge in [-0.15, -0.1) is 0 Å². The summed E-state index contributed by atoms with van der Waals surface area (Å²) in [6.45, 7) is 0. The van der Waals surface area contributed by atoms with Gasteiger partial charge in [0.15, 0.2) is 0 Å². The summed E-state index contributed by atoms with van der Waals surface area (Å²) in [5.41, 5.74) is 1.25. The number of benzene rings is 2. The average Bonchev–Trinajstić information content (AvgIpc) is 2.19. The highest BCUT2D eigenvalue weighted by Crippen LogP contribution is 2.19. The third-order valence-corrected chi connectivity index (χ3v) is 2.33. The summed E-state index contributed by atoms with van der Waals surface area (Å²) >= 11 is 3.29. The van der Waals surface area contributed by atoms with E-state index < -0.39 is 0 Å². The zero-order valence-corrected chi connectivity index (χ0v) is 8.66. The summed E-state index contributed by atoms with van der Waals surface area (Å²) in [4.78, 5) is 1.88. The Labute approximate surface area is 86.0 Å². The number of hydrogen-bond donors (Lipinski definition) is 0. The van der Waals surface area contributed by atoms with E-state index in [2.05, 4.69) is 64.5 Å². The molecule has 0 bridgehead atoms. The maximum Gasteiger partial charge on any atom is -0.0111 e. The highest BCUT2D eigenvalue weighted by atomic mass is 79.9. The molecule has 0 spiro atoms. The first-order valence-electron chi connectivity index (χ1n) is 4.16. The predicted molar refractivity (Wildman–Crippen MR) is 61.9 cm³/mol. The molecule has 2 aromatic rings. The summed E-state index contributed by atoms with van der Waals surface area (Å²) in [6, 6.07) is 14.7. The smallest absolute Gasteiger partial charge is 0.0111 e. The molecule has 0 unspecified atom stereocenters. The number of hydrogen-bond acceptors (Lipinski definition) is 0. The number of fused-ring (bicyclic) bond motifs is 1. The lowest BCUT2D eigenvalue weighted by atomic mass is 10.1. The quantitative estimate of drug-likeness (QED) is 0.692. The Morgan fingerprint density at radius 1 is 0.923 bits per heavy atom. The molecule has 0 nitrogen and oxygen atoms in total. The van der Waals surface area contributed by atoms with Gasteiger partial charge in [-0.2, -0.15) is 0 Å². The van der Waals surface area contributed by atoms with Gasteiger partial charge in [-0.1, -0.05) is 58.4 Å². The molecule has 2 aromatic carbocycles. The molecule has 0 aliphatic rings. The van der Waals surface area contributed by atoms with E-state index in [0.717, 1.165) is 0 Å². The first-order valence-corrected chi connectivity index (χ1v) is 5.08. The molecule has 0 atom stereocenters. The lowest BCUT2D eigenvalue weighted by Crippen LogP contribution is -1.76. The first-order chi connectivity index (χ1) is 6.42. The van der Waals surface area contributed by atoms with Crippen LogP contribution < -0.4 is 0 Å². The van der Waals surface area contributed by atoms with Crippen molar-refractivity contribution in [2.45, 2.75) is 0 Å². The highest BCUT2D eigenvalue weighted by molar-refractivity contribution is 9.11. The Kier molecular flexibility index (Phi) is 2.46. The van der Waals surface area contributed by atoms with E-state index in [0.29, 0.717) is 0 Å². The standard InChI is InChI=1S/C12H9Br/c13-9-8-11-6-3-5-10-4-1-2-7-12(10)11/h1-9H. The fraction of sp³-hybridized carbons (Fsp3) is 0. The van der Waals surface area contributed by atoms with Crippen LogP contribution >= 0.6 is 15.9 Å². The second kappa shape index (κ2) is 3.75. The second-order valence-electron chi connectivity index (χ2n) is 2.86. The number of rotatable bonds is 1. The van der Waals surface area contributed by atoms with Crippen molar-refractivity contribution in [2.75, 3.05) is 0 Å². The summed E-state index contributed by atoms with van der Waals surface area (Å²) in [7, 11) is 0. The van der Waals surface area contributed by atoms with Crippen molar-refractivity contribution in [3.05, 3.63) is 53.0 Å². The number of halogens is 1. The SMILES string of the molecule is BrC=Cc1cccc2ccccc12. The van der Waals surface area contributed by atoms with Crippen molar-refractivity contribution >= 4 is 32.8 Å². The van der Waals surface area contributed by atoms with E-state index in [1.165, 1.54) is 16.3 Å². The Balaban J connectivity index is 2.75. The van der Waals surface area contributed by atoms with E-state index in [9.17, 15) is 0 Å². The average molecular weight is 233 g/mol. The molecule has 0 N–H and O–H groups in total. The van der Waals surface area contributed by atoms with Gasteiger partial charge in [0.05, 0.1) is 0 Å². The van der Waals surface area contributed by atoms with Crippen molar-refractivity contribution in [3.63, 3.8) is 0 Å². The monoisotopic (exact) mass is 232 g/mol. The van der Waals surface area contributed by atoms with E-state index in [4.69, 9.17) is 0 Å². The predicted octanol–water partition coefficient (Wildman–Crippen LogP) is 4.21. The molecule has 13 heavy (non-hydrogen) atoms. The molecule has 0 heterocycles. The lowest BCUT2D eigenvalue weighted by molar-refractivity contribution is 1.72. The first kappa shape index (κ1) is 8.52. The third-order valence-electron chi connectivity index (χ3n) is 2.07. The van der Waals surface area contributed by atoms with Crippen molar-refractivity contribution in [2.24, 2.45) is 0 Å². The van der Waals surface area contributed by atoms with Gasteiger partial charge in [0, 0.05) is 0 Å². The van der Waals surface area contributed by atoms with Gasteiger partial charge in [-0.3, -0.25) is 0 Å². The van der Waals surface area contributed by atoms with Gasteiger partial charge < -0.3 is 0 Å². The summed E-state index contributed by atoms with van der Waals surface area (Å²) < 4.78 is 0. The van der Waals surface area contributed by atoms with Crippen LogP contribution in [0.3, 0.4) is 0 Å². The molecule has 0 saturated carbocycles. The van der Waals surface area contributed by atoms with Crippen LogP contribution in [0, 0.1) is 0 Å². The van der Waals surface area contributed by atoms with Gasteiger partial charge in [-0.05, 0) is 27.4 Å². The molecule has 0 aliphatic carbocycles. The molecule has 64 valence electrons. The fourth-order valence-corrected chi connectivity index (χ4v) is 1.75. The van der Waals surface area contributed by atoms with Gasteiger partial charge >= 0.3 is 0 Å². The Morgan fingerprint density at radius 3 is 2.54 bits per heavy atom. The van der Waals surface area contributed by atoms with E-state index in [1.54, 1.807) is 0 Å². The molecule has 0 fully saturated rings. The van der Waals surface area contributed by atoms with Gasteiger partial charge in [0.25, 0.3) is 0 Å². The minimum absolute atomic E-state index is 1.25. The van der Waals surface area contributed by atoms with Crippen LogP contribution in [0.25, 0.3) is 16.8 Å². The molecule has 0 amide bonds. The van der Waals surface area contributed by atoms with Crippen LogP contribution in [0.2, 0.25) is 0 Å². The van der Waals surface area contributed by atoms with Crippen molar-refractivity contribution < 1.29 is 0 Å². The summed E-state index contributed by atoms with van der Waals surface area (Å²) in [6.07, 6.45) is 2.06. The van der Waals surface area contributed by atoms with Crippen LogP contribution in [0.1, 0.15) is 5.56 Å². The van der Waals surface area contributed by atoms with Gasteiger partial charge in [0.1, 0.15) is 0 Å². The van der Waals surface area contributed by atoms with E-state index >= 15 is 0 Å². The topological polar surface area (TPSA) is 0 Å². The Morgan fingerprint density at radius 2 is 1.69 bits per heavy atom. The molecule has 0 aromatic heterocycles. The van der Waals surface area contributed by atoms with E-state index in [-0.39, 0.29) is 0 Å². The van der Waals surface area contributed by atoms with Gasteiger partial charge in [0.2, 0.25) is 0 Å². The highest BCUT2D eigenvalue weighted by Gasteiger charge is 1.94. The van der Waals surface area contributed by atoms with Crippen molar-refractivity contribution in [1.29, 1.82) is 0 Å². The molecule has 2 rings (SSSR count). The molecule has 0 saturated heterocycles. The zero-order chi connectivity index (χ0) is 9.10. The molecule has 0 radical (unpaired) electrons. The molecule has 0 aliphatic heterocycles. The lowest BCUT2D eigenvalue weighted by Gasteiger charge is -2.00. The minimum atomic E-state index is 1.25.